The first-order chi connectivity index (χ1) is 10.9. The highest BCUT2D eigenvalue weighted by atomic mass is 16.2. The van der Waals surface area contributed by atoms with Gasteiger partial charge < -0.3 is 15.2 Å². The van der Waals surface area contributed by atoms with Crippen molar-refractivity contribution in [3.05, 3.63) is 28.6 Å². The predicted molar refractivity (Wildman–Crippen MR) is 89.5 cm³/mol. The van der Waals surface area contributed by atoms with Gasteiger partial charge in [0.25, 0.3) is 5.91 Å². The molecule has 2 amide bonds. The van der Waals surface area contributed by atoms with E-state index in [4.69, 9.17) is 0 Å². The summed E-state index contributed by atoms with van der Waals surface area (Å²) in [6.07, 6.45) is 2.64. The van der Waals surface area contributed by atoms with Gasteiger partial charge in [0.15, 0.2) is 0 Å². The van der Waals surface area contributed by atoms with Crippen LogP contribution in [0.15, 0.2) is 11.6 Å². The number of carbonyl (C=O) groups excluding carboxylic acids is 2. The molecule has 0 fully saturated rings. The molecule has 1 heterocycles. The molecule has 23 heavy (non-hydrogen) atoms. The van der Waals surface area contributed by atoms with Crippen LogP contribution in [0.3, 0.4) is 0 Å². The summed E-state index contributed by atoms with van der Waals surface area (Å²) >= 11 is 0. The number of hydrogen-bond acceptors (Lipinski definition) is 3. The van der Waals surface area contributed by atoms with E-state index in [0.717, 1.165) is 29.9 Å². The summed E-state index contributed by atoms with van der Waals surface area (Å²) in [7, 11) is 0. The van der Waals surface area contributed by atoms with E-state index >= 15 is 0 Å². The Bertz CT molecular complexity index is 650. The van der Waals surface area contributed by atoms with Crippen molar-refractivity contribution in [2.24, 2.45) is 0 Å². The number of nitriles is 1. The molecule has 124 valence electrons. The first-order valence-electron chi connectivity index (χ1n) is 7.71. The summed E-state index contributed by atoms with van der Waals surface area (Å²) in [4.78, 5) is 22.8. The zero-order valence-corrected chi connectivity index (χ0v) is 14.2. The fraction of sp³-hybridized carbons (Fsp3) is 0.471. The number of nitrogens with zero attached hydrogens (tertiary/aromatic N) is 2. The van der Waals surface area contributed by atoms with Gasteiger partial charge in [-0.1, -0.05) is 6.92 Å². The molecule has 0 aliphatic heterocycles. The van der Waals surface area contributed by atoms with Gasteiger partial charge in [-0.05, 0) is 38.0 Å². The molecule has 0 saturated heterocycles. The molecule has 0 spiro atoms. The Morgan fingerprint density at radius 3 is 2.52 bits per heavy atom. The second kappa shape index (κ2) is 8.79. The monoisotopic (exact) mass is 316 g/mol. The minimum atomic E-state index is -0.432. The van der Waals surface area contributed by atoms with Gasteiger partial charge in [0.1, 0.15) is 11.6 Å². The molecule has 0 atom stereocenters. The van der Waals surface area contributed by atoms with Crippen LogP contribution in [-0.2, 0) is 16.1 Å². The van der Waals surface area contributed by atoms with Crippen molar-refractivity contribution < 1.29 is 9.59 Å². The van der Waals surface area contributed by atoms with Crippen LogP contribution < -0.4 is 10.6 Å². The highest BCUT2D eigenvalue weighted by Crippen LogP contribution is 2.18. The molecule has 0 bridgehead atoms. The van der Waals surface area contributed by atoms with Crippen LogP contribution in [0.2, 0.25) is 0 Å². The smallest absolute Gasteiger partial charge is 0.262 e. The average Bonchev–Trinajstić information content (AvgIpc) is 2.76. The molecule has 1 aromatic rings. The van der Waals surface area contributed by atoms with Gasteiger partial charge >= 0.3 is 0 Å². The maximum absolute atomic E-state index is 12.0. The lowest BCUT2D eigenvalue weighted by Gasteiger charge is -2.07. The molecule has 6 heteroatoms. The zero-order chi connectivity index (χ0) is 17.4. The van der Waals surface area contributed by atoms with Crippen molar-refractivity contribution in [3.8, 4) is 6.07 Å². The van der Waals surface area contributed by atoms with E-state index in [0.29, 0.717) is 6.54 Å². The second-order valence-electron chi connectivity index (χ2n) is 5.39. The third kappa shape index (κ3) is 5.29. The third-order valence-electron chi connectivity index (χ3n) is 3.51. The molecule has 0 aromatic carbocycles. The van der Waals surface area contributed by atoms with Crippen LogP contribution in [-0.4, -0.2) is 29.5 Å². The highest BCUT2D eigenvalue weighted by molar-refractivity contribution is 6.01. The Morgan fingerprint density at radius 1 is 1.30 bits per heavy atom. The Kier molecular flexibility index (Phi) is 7.07. The SMILES string of the molecule is CCCn1c(C)cc(/C=C(/C#N)C(=O)NCCNC(C)=O)c1C. The zero-order valence-electron chi connectivity index (χ0n) is 14.2. The molecule has 6 nitrogen and oxygen atoms in total. The van der Waals surface area contributed by atoms with Gasteiger partial charge in [0.2, 0.25) is 5.91 Å². The molecular formula is C17H24N4O2. The Balaban J connectivity index is 2.83. The van der Waals surface area contributed by atoms with E-state index in [9.17, 15) is 14.9 Å². The van der Waals surface area contributed by atoms with Gasteiger partial charge in [0, 0.05) is 37.9 Å². The van der Waals surface area contributed by atoms with E-state index in [1.807, 2.05) is 26.0 Å². The van der Waals surface area contributed by atoms with Crippen molar-refractivity contribution >= 4 is 17.9 Å². The third-order valence-corrected chi connectivity index (χ3v) is 3.51. The molecule has 0 unspecified atom stereocenters. The summed E-state index contributed by atoms with van der Waals surface area (Å²) in [5, 5.41) is 14.4. The highest BCUT2D eigenvalue weighted by Gasteiger charge is 2.12. The fourth-order valence-electron chi connectivity index (χ4n) is 2.36. The fourth-order valence-corrected chi connectivity index (χ4v) is 2.36. The van der Waals surface area contributed by atoms with Crippen LogP contribution in [0.4, 0.5) is 0 Å². The topological polar surface area (TPSA) is 86.9 Å². The Hall–Kier alpha value is -2.55. The normalized spacial score (nSPS) is 11.0. The maximum Gasteiger partial charge on any atom is 0.262 e. The molecule has 1 aromatic heterocycles. The summed E-state index contributed by atoms with van der Waals surface area (Å²) in [6.45, 7) is 9.05. The number of carbonyl (C=O) groups is 2. The van der Waals surface area contributed by atoms with Gasteiger partial charge in [0.05, 0.1) is 0 Å². The average molecular weight is 316 g/mol. The lowest BCUT2D eigenvalue weighted by Crippen LogP contribution is -2.34. The summed E-state index contributed by atoms with van der Waals surface area (Å²) < 4.78 is 2.18. The quantitative estimate of drug-likeness (QED) is 0.456. The molecule has 0 aliphatic carbocycles. The van der Waals surface area contributed by atoms with Gasteiger partial charge in [-0.15, -0.1) is 0 Å². The van der Waals surface area contributed by atoms with E-state index in [1.165, 1.54) is 6.92 Å². The van der Waals surface area contributed by atoms with Crippen LogP contribution in [0.25, 0.3) is 6.08 Å². The number of aryl methyl sites for hydroxylation is 1. The lowest BCUT2D eigenvalue weighted by molar-refractivity contribution is -0.120. The number of aromatic nitrogens is 1. The van der Waals surface area contributed by atoms with Crippen molar-refractivity contribution in [2.45, 2.75) is 40.7 Å². The number of nitrogens with one attached hydrogen (secondary N) is 2. The van der Waals surface area contributed by atoms with Crippen molar-refractivity contribution in [1.29, 1.82) is 5.26 Å². The largest absolute Gasteiger partial charge is 0.355 e. The van der Waals surface area contributed by atoms with Crippen LogP contribution in [0.5, 0.6) is 0 Å². The number of rotatable bonds is 7. The standard InChI is InChI=1S/C17H24N4O2/c1-5-8-21-12(2)9-15(13(21)3)10-16(11-18)17(23)20-7-6-19-14(4)22/h9-10H,5-8H2,1-4H3,(H,19,22)(H,20,23)/b16-10-. The molecule has 2 N–H and O–H groups in total. The molecule has 0 aliphatic rings. The second-order valence-corrected chi connectivity index (χ2v) is 5.39. The van der Waals surface area contributed by atoms with E-state index in [1.54, 1.807) is 6.08 Å². The maximum atomic E-state index is 12.0. The number of hydrogen-bond donors (Lipinski definition) is 2. The predicted octanol–water partition coefficient (Wildman–Crippen LogP) is 1.67. The van der Waals surface area contributed by atoms with E-state index < -0.39 is 5.91 Å². The Labute approximate surface area is 137 Å². The van der Waals surface area contributed by atoms with Crippen molar-refractivity contribution in [2.75, 3.05) is 13.1 Å². The van der Waals surface area contributed by atoms with Crippen molar-refractivity contribution in [1.82, 2.24) is 15.2 Å². The minimum Gasteiger partial charge on any atom is -0.355 e. The summed E-state index contributed by atoms with van der Waals surface area (Å²) in [6, 6.07) is 3.92. The van der Waals surface area contributed by atoms with Gasteiger partial charge in [-0.2, -0.15) is 5.26 Å². The molecule has 0 saturated carbocycles. The van der Waals surface area contributed by atoms with Gasteiger partial charge in [-0.25, -0.2) is 0 Å². The van der Waals surface area contributed by atoms with Crippen molar-refractivity contribution in [3.63, 3.8) is 0 Å². The van der Waals surface area contributed by atoms with Crippen LogP contribution >= 0.6 is 0 Å². The first-order valence-corrected chi connectivity index (χ1v) is 7.71. The first kappa shape index (κ1) is 18.5. The van der Waals surface area contributed by atoms with Crippen LogP contribution in [0.1, 0.15) is 37.2 Å². The van der Waals surface area contributed by atoms with E-state index in [-0.39, 0.29) is 18.0 Å². The van der Waals surface area contributed by atoms with E-state index in [2.05, 4.69) is 22.1 Å². The molecule has 0 radical (unpaired) electrons. The lowest BCUT2D eigenvalue weighted by atomic mass is 10.1. The Morgan fingerprint density at radius 2 is 1.96 bits per heavy atom. The minimum absolute atomic E-state index is 0.0598. The molecule has 1 rings (SSSR count). The number of amides is 2. The summed E-state index contributed by atoms with van der Waals surface area (Å²) in [5.41, 5.74) is 3.09. The van der Waals surface area contributed by atoms with Gasteiger partial charge in [-0.3, -0.25) is 9.59 Å². The molecular weight excluding hydrogens is 292 g/mol. The van der Waals surface area contributed by atoms with Crippen LogP contribution in [0, 0.1) is 25.2 Å². The summed E-state index contributed by atoms with van der Waals surface area (Å²) in [5.74, 6) is -0.586.